The van der Waals surface area contributed by atoms with Crippen molar-refractivity contribution in [1.82, 2.24) is 5.32 Å². The van der Waals surface area contributed by atoms with Crippen LogP contribution in [-0.2, 0) is 11.2 Å². The molecular weight excluding hydrogens is 302 g/mol. The van der Waals surface area contributed by atoms with Gasteiger partial charge in [-0.05, 0) is 37.0 Å². The number of unbranched alkanes of at least 4 members (excludes halogenated alkanes) is 3. The minimum Gasteiger partial charge on any atom is -0.356 e. The second kappa shape index (κ2) is 9.13. The van der Waals surface area contributed by atoms with Crippen molar-refractivity contribution in [2.45, 2.75) is 52.4 Å². The Labute approximate surface area is 125 Å². The van der Waals surface area contributed by atoms with E-state index in [1.165, 1.54) is 30.4 Å². The Morgan fingerprint density at radius 2 is 2.05 bits per heavy atom. The van der Waals surface area contributed by atoms with E-state index in [1.807, 2.05) is 0 Å². The minimum atomic E-state index is 0.156. The van der Waals surface area contributed by atoms with Crippen molar-refractivity contribution in [3.05, 3.63) is 33.8 Å². The van der Waals surface area contributed by atoms with Crippen molar-refractivity contribution in [3.63, 3.8) is 0 Å². The van der Waals surface area contributed by atoms with Gasteiger partial charge in [-0.25, -0.2) is 0 Å². The topological polar surface area (TPSA) is 29.1 Å². The van der Waals surface area contributed by atoms with Crippen molar-refractivity contribution in [2.24, 2.45) is 0 Å². The number of carbonyl (C=O) groups excluding carboxylic acids is 1. The molecule has 0 radical (unpaired) electrons. The van der Waals surface area contributed by atoms with Gasteiger partial charge in [0.15, 0.2) is 0 Å². The molecule has 0 aromatic heterocycles. The predicted molar refractivity (Wildman–Crippen MR) is 84.4 cm³/mol. The summed E-state index contributed by atoms with van der Waals surface area (Å²) in [4.78, 5) is 11.7. The average Bonchev–Trinajstić information content (AvgIpc) is 2.37. The van der Waals surface area contributed by atoms with Crippen LogP contribution in [0.15, 0.2) is 22.7 Å². The Balaban J connectivity index is 2.22. The van der Waals surface area contributed by atoms with Crippen LogP contribution in [0, 0.1) is 6.92 Å². The monoisotopic (exact) mass is 325 g/mol. The number of amides is 1. The first-order chi connectivity index (χ1) is 9.13. The SMILES string of the molecule is CCCCCCNC(=O)CCc1ccc(C)cc1Br. The molecule has 1 N–H and O–H groups in total. The van der Waals surface area contributed by atoms with Gasteiger partial charge >= 0.3 is 0 Å². The van der Waals surface area contributed by atoms with Gasteiger partial charge in [0.05, 0.1) is 0 Å². The lowest BCUT2D eigenvalue weighted by molar-refractivity contribution is -0.121. The van der Waals surface area contributed by atoms with E-state index in [2.05, 4.69) is 53.3 Å². The van der Waals surface area contributed by atoms with E-state index in [0.29, 0.717) is 6.42 Å². The molecule has 0 heterocycles. The number of rotatable bonds is 8. The van der Waals surface area contributed by atoms with Crippen LogP contribution in [0.3, 0.4) is 0 Å². The van der Waals surface area contributed by atoms with E-state index < -0.39 is 0 Å². The quantitative estimate of drug-likeness (QED) is 0.706. The van der Waals surface area contributed by atoms with Crippen molar-refractivity contribution in [3.8, 4) is 0 Å². The predicted octanol–water partition coefficient (Wildman–Crippen LogP) is 4.39. The molecule has 0 aliphatic carbocycles. The van der Waals surface area contributed by atoms with Gasteiger partial charge in [-0.15, -0.1) is 0 Å². The zero-order chi connectivity index (χ0) is 14.1. The zero-order valence-corrected chi connectivity index (χ0v) is 13.6. The largest absolute Gasteiger partial charge is 0.356 e. The average molecular weight is 326 g/mol. The van der Waals surface area contributed by atoms with E-state index in [-0.39, 0.29) is 5.91 Å². The Morgan fingerprint density at radius 1 is 1.26 bits per heavy atom. The van der Waals surface area contributed by atoms with Gasteiger partial charge in [-0.1, -0.05) is 54.2 Å². The highest BCUT2D eigenvalue weighted by Gasteiger charge is 2.04. The zero-order valence-electron chi connectivity index (χ0n) is 12.0. The molecule has 1 rings (SSSR count). The maximum Gasteiger partial charge on any atom is 0.220 e. The molecule has 0 aliphatic rings. The van der Waals surface area contributed by atoms with Crippen molar-refractivity contribution >= 4 is 21.8 Å². The van der Waals surface area contributed by atoms with Gasteiger partial charge in [-0.3, -0.25) is 4.79 Å². The van der Waals surface area contributed by atoms with Crippen LogP contribution in [0.2, 0.25) is 0 Å². The lowest BCUT2D eigenvalue weighted by Gasteiger charge is -2.07. The first-order valence-electron chi connectivity index (χ1n) is 7.15. The lowest BCUT2D eigenvalue weighted by Crippen LogP contribution is -2.24. The highest BCUT2D eigenvalue weighted by Crippen LogP contribution is 2.19. The number of carbonyl (C=O) groups is 1. The van der Waals surface area contributed by atoms with E-state index in [4.69, 9.17) is 0 Å². The Hall–Kier alpha value is -0.830. The summed E-state index contributed by atoms with van der Waals surface area (Å²) in [6.45, 7) is 5.07. The standard InChI is InChI=1S/C16H24BrNO/c1-3-4-5-6-11-18-16(19)10-9-14-8-7-13(2)12-15(14)17/h7-8,12H,3-6,9-11H2,1-2H3,(H,18,19). The van der Waals surface area contributed by atoms with E-state index in [1.54, 1.807) is 0 Å². The van der Waals surface area contributed by atoms with Crippen LogP contribution in [0.1, 0.15) is 50.2 Å². The summed E-state index contributed by atoms with van der Waals surface area (Å²) < 4.78 is 1.10. The fraction of sp³-hybridized carbons (Fsp3) is 0.562. The summed E-state index contributed by atoms with van der Waals surface area (Å²) in [6, 6.07) is 6.27. The number of hydrogen-bond acceptors (Lipinski definition) is 1. The summed E-state index contributed by atoms with van der Waals surface area (Å²) in [5.74, 6) is 0.156. The Bertz CT molecular complexity index is 404. The van der Waals surface area contributed by atoms with Crippen LogP contribution < -0.4 is 5.32 Å². The van der Waals surface area contributed by atoms with Crippen molar-refractivity contribution in [2.75, 3.05) is 6.54 Å². The summed E-state index contributed by atoms with van der Waals surface area (Å²) in [5, 5.41) is 2.99. The molecular formula is C16H24BrNO. The summed E-state index contributed by atoms with van der Waals surface area (Å²) in [6.07, 6.45) is 6.15. The third-order valence-electron chi connectivity index (χ3n) is 3.18. The fourth-order valence-electron chi connectivity index (χ4n) is 1.97. The summed E-state index contributed by atoms with van der Waals surface area (Å²) in [5.41, 5.74) is 2.43. The van der Waals surface area contributed by atoms with Gasteiger partial charge in [0.25, 0.3) is 0 Å². The minimum absolute atomic E-state index is 0.156. The highest BCUT2D eigenvalue weighted by atomic mass is 79.9. The van der Waals surface area contributed by atoms with Crippen LogP contribution in [0.25, 0.3) is 0 Å². The molecule has 1 aromatic rings. The fourth-order valence-corrected chi connectivity index (χ4v) is 2.66. The molecule has 0 unspecified atom stereocenters. The molecule has 1 aromatic carbocycles. The van der Waals surface area contributed by atoms with Crippen LogP contribution >= 0.6 is 15.9 Å². The van der Waals surface area contributed by atoms with Crippen LogP contribution in [0.4, 0.5) is 0 Å². The first-order valence-corrected chi connectivity index (χ1v) is 7.94. The van der Waals surface area contributed by atoms with Crippen LogP contribution in [-0.4, -0.2) is 12.5 Å². The molecule has 0 saturated heterocycles. The molecule has 0 spiro atoms. The molecule has 106 valence electrons. The third-order valence-corrected chi connectivity index (χ3v) is 3.92. The van der Waals surface area contributed by atoms with Crippen LogP contribution in [0.5, 0.6) is 0 Å². The van der Waals surface area contributed by atoms with E-state index in [9.17, 15) is 4.79 Å². The van der Waals surface area contributed by atoms with Gasteiger partial charge < -0.3 is 5.32 Å². The van der Waals surface area contributed by atoms with Gasteiger partial charge in [-0.2, -0.15) is 0 Å². The molecule has 0 saturated carbocycles. The van der Waals surface area contributed by atoms with Gasteiger partial charge in [0.1, 0.15) is 0 Å². The van der Waals surface area contributed by atoms with Crippen molar-refractivity contribution < 1.29 is 4.79 Å². The van der Waals surface area contributed by atoms with Crippen molar-refractivity contribution in [1.29, 1.82) is 0 Å². The first kappa shape index (κ1) is 16.2. The molecule has 3 heteroatoms. The maximum atomic E-state index is 11.7. The highest BCUT2D eigenvalue weighted by molar-refractivity contribution is 9.10. The number of hydrogen-bond donors (Lipinski definition) is 1. The number of nitrogens with one attached hydrogen (secondary N) is 1. The Kier molecular flexibility index (Phi) is 7.80. The number of benzene rings is 1. The second-order valence-corrected chi connectivity index (χ2v) is 5.86. The Morgan fingerprint density at radius 3 is 2.74 bits per heavy atom. The lowest BCUT2D eigenvalue weighted by atomic mass is 10.1. The normalized spacial score (nSPS) is 10.5. The summed E-state index contributed by atoms with van der Waals surface area (Å²) in [7, 11) is 0. The molecule has 1 amide bonds. The number of aryl methyl sites for hydroxylation is 2. The molecule has 2 nitrogen and oxygen atoms in total. The summed E-state index contributed by atoms with van der Waals surface area (Å²) >= 11 is 3.55. The maximum absolute atomic E-state index is 11.7. The molecule has 0 atom stereocenters. The third kappa shape index (κ3) is 6.76. The van der Waals surface area contributed by atoms with E-state index in [0.717, 1.165) is 23.9 Å². The molecule has 19 heavy (non-hydrogen) atoms. The van der Waals surface area contributed by atoms with Gasteiger partial charge in [0.2, 0.25) is 5.91 Å². The smallest absolute Gasteiger partial charge is 0.220 e. The molecule has 0 bridgehead atoms. The van der Waals surface area contributed by atoms with E-state index >= 15 is 0 Å². The molecule has 0 aliphatic heterocycles. The van der Waals surface area contributed by atoms with Gasteiger partial charge in [0, 0.05) is 17.4 Å². The molecule has 0 fully saturated rings. The second-order valence-electron chi connectivity index (χ2n) is 5.01. The number of halogens is 1.